The minimum Gasteiger partial charge on any atom is -0.316 e. The molecule has 0 saturated heterocycles. The Morgan fingerprint density at radius 2 is 1.76 bits per heavy atom. The first-order valence-corrected chi connectivity index (χ1v) is 6.32. The van der Waals surface area contributed by atoms with Crippen molar-refractivity contribution in [3.8, 4) is 5.69 Å². The molecule has 1 atom stereocenters. The lowest BCUT2D eigenvalue weighted by Gasteiger charge is -2.15. The van der Waals surface area contributed by atoms with Crippen LogP contribution in [0.4, 0.5) is 13.2 Å². The summed E-state index contributed by atoms with van der Waals surface area (Å²) in [7, 11) is 0. The number of hydrogen-bond donors (Lipinski definition) is 1. The summed E-state index contributed by atoms with van der Waals surface area (Å²) in [6.07, 6.45) is -2.69. The summed E-state index contributed by atoms with van der Waals surface area (Å²) in [6.45, 7) is 0. The molecule has 1 aromatic heterocycles. The number of para-hydroxylation sites is 1. The lowest BCUT2D eigenvalue weighted by molar-refractivity contribution is -0.149. The maximum Gasteiger partial charge on any atom is 0.407 e. The average Bonchev–Trinajstić information content (AvgIpc) is 2.89. The maximum atomic E-state index is 12.7. The van der Waals surface area contributed by atoms with Gasteiger partial charge in [0.05, 0.1) is 11.2 Å². The van der Waals surface area contributed by atoms with E-state index in [2.05, 4.69) is 5.10 Å². The van der Waals surface area contributed by atoms with Crippen LogP contribution in [0.1, 0.15) is 11.6 Å². The first kappa shape index (κ1) is 13.6. The summed E-state index contributed by atoms with van der Waals surface area (Å²) >= 11 is 0. The van der Waals surface area contributed by atoms with Crippen LogP contribution in [0.2, 0.25) is 0 Å². The molecule has 2 aromatic carbocycles. The van der Waals surface area contributed by atoms with Gasteiger partial charge in [0.25, 0.3) is 0 Å². The second-order valence-corrected chi connectivity index (χ2v) is 4.75. The molecule has 0 aliphatic heterocycles. The molecule has 3 aromatic rings. The highest BCUT2D eigenvalue weighted by Crippen LogP contribution is 2.31. The molecule has 0 radical (unpaired) electrons. The third kappa shape index (κ3) is 2.62. The van der Waals surface area contributed by atoms with E-state index in [-0.39, 0.29) is 5.56 Å². The molecule has 0 fully saturated rings. The molecule has 3 rings (SSSR count). The van der Waals surface area contributed by atoms with Gasteiger partial charge in [-0.05, 0) is 23.8 Å². The van der Waals surface area contributed by atoms with E-state index in [9.17, 15) is 13.2 Å². The Labute approximate surface area is 118 Å². The number of halogens is 3. The van der Waals surface area contributed by atoms with E-state index in [0.29, 0.717) is 5.52 Å². The van der Waals surface area contributed by atoms with Gasteiger partial charge in [-0.15, -0.1) is 0 Å². The number of nitrogens with two attached hydrogens (primary N) is 1. The van der Waals surface area contributed by atoms with Gasteiger partial charge in [-0.3, -0.25) is 0 Å². The monoisotopic (exact) mass is 291 g/mol. The fourth-order valence-corrected chi connectivity index (χ4v) is 2.13. The summed E-state index contributed by atoms with van der Waals surface area (Å²) in [5.41, 5.74) is 6.55. The van der Waals surface area contributed by atoms with Crippen molar-refractivity contribution in [1.82, 2.24) is 9.78 Å². The van der Waals surface area contributed by atoms with Gasteiger partial charge in [0.1, 0.15) is 6.04 Å². The standard InChI is InChI=1S/C15H12F3N3/c16-15(17,18)14(19)10-6-7-11-9-21(20-13(11)8-10)12-4-2-1-3-5-12/h1-9,14H,19H2. The third-order valence-electron chi connectivity index (χ3n) is 3.26. The maximum absolute atomic E-state index is 12.7. The molecule has 0 saturated carbocycles. The van der Waals surface area contributed by atoms with Crippen LogP contribution in [0.25, 0.3) is 16.6 Å². The Morgan fingerprint density at radius 3 is 2.43 bits per heavy atom. The van der Waals surface area contributed by atoms with Crippen LogP contribution in [0.15, 0.2) is 54.7 Å². The molecule has 108 valence electrons. The average molecular weight is 291 g/mol. The second-order valence-electron chi connectivity index (χ2n) is 4.75. The zero-order chi connectivity index (χ0) is 15.0. The van der Waals surface area contributed by atoms with Crippen LogP contribution in [0, 0.1) is 0 Å². The number of aromatic nitrogens is 2. The number of hydrogen-bond acceptors (Lipinski definition) is 2. The zero-order valence-electron chi connectivity index (χ0n) is 10.9. The Balaban J connectivity index is 2.04. The van der Waals surface area contributed by atoms with Gasteiger partial charge in [0, 0.05) is 11.6 Å². The first-order valence-electron chi connectivity index (χ1n) is 6.32. The van der Waals surface area contributed by atoms with Gasteiger partial charge in [0.15, 0.2) is 0 Å². The third-order valence-corrected chi connectivity index (χ3v) is 3.26. The van der Waals surface area contributed by atoms with Crippen molar-refractivity contribution < 1.29 is 13.2 Å². The molecule has 0 aliphatic rings. The molecular weight excluding hydrogens is 279 g/mol. The number of benzene rings is 2. The highest BCUT2D eigenvalue weighted by Gasteiger charge is 2.37. The van der Waals surface area contributed by atoms with Crippen LogP contribution in [0.5, 0.6) is 0 Å². The van der Waals surface area contributed by atoms with Gasteiger partial charge in [-0.25, -0.2) is 4.68 Å². The van der Waals surface area contributed by atoms with E-state index in [1.807, 2.05) is 30.3 Å². The van der Waals surface area contributed by atoms with E-state index >= 15 is 0 Å². The van der Waals surface area contributed by atoms with Crippen molar-refractivity contribution in [1.29, 1.82) is 0 Å². The Kier molecular flexibility index (Phi) is 3.17. The Morgan fingerprint density at radius 1 is 1.05 bits per heavy atom. The van der Waals surface area contributed by atoms with E-state index in [0.717, 1.165) is 11.1 Å². The van der Waals surface area contributed by atoms with Crippen LogP contribution < -0.4 is 5.73 Å². The van der Waals surface area contributed by atoms with E-state index < -0.39 is 12.2 Å². The molecule has 0 amide bonds. The normalized spacial score (nSPS) is 13.5. The molecule has 0 aliphatic carbocycles. The van der Waals surface area contributed by atoms with Crippen LogP contribution in [-0.4, -0.2) is 16.0 Å². The molecule has 1 unspecified atom stereocenters. The SMILES string of the molecule is NC(c1ccc2cn(-c3ccccc3)nc2c1)C(F)(F)F. The van der Waals surface area contributed by atoms with E-state index in [4.69, 9.17) is 5.73 Å². The highest BCUT2D eigenvalue weighted by atomic mass is 19.4. The van der Waals surface area contributed by atoms with Crippen molar-refractivity contribution in [3.63, 3.8) is 0 Å². The lowest BCUT2D eigenvalue weighted by atomic mass is 10.1. The molecule has 3 nitrogen and oxygen atoms in total. The van der Waals surface area contributed by atoms with Crippen molar-refractivity contribution in [3.05, 3.63) is 60.3 Å². The molecule has 6 heteroatoms. The highest BCUT2D eigenvalue weighted by molar-refractivity contribution is 5.79. The summed E-state index contributed by atoms with van der Waals surface area (Å²) < 4.78 is 39.6. The minimum absolute atomic E-state index is 0.00770. The topological polar surface area (TPSA) is 43.8 Å². The van der Waals surface area contributed by atoms with Crippen molar-refractivity contribution in [2.24, 2.45) is 5.73 Å². The largest absolute Gasteiger partial charge is 0.407 e. The molecule has 1 heterocycles. The Hall–Kier alpha value is -2.34. The number of alkyl halides is 3. The Bertz CT molecular complexity index is 763. The molecule has 0 spiro atoms. The quantitative estimate of drug-likeness (QED) is 0.784. The van der Waals surface area contributed by atoms with E-state index in [1.54, 1.807) is 16.9 Å². The fourth-order valence-electron chi connectivity index (χ4n) is 2.13. The van der Waals surface area contributed by atoms with Crippen molar-refractivity contribution in [2.45, 2.75) is 12.2 Å². The van der Waals surface area contributed by atoms with Crippen molar-refractivity contribution in [2.75, 3.05) is 0 Å². The van der Waals surface area contributed by atoms with Gasteiger partial charge in [0.2, 0.25) is 0 Å². The van der Waals surface area contributed by atoms with Crippen LogP contribution >= 0.6 is 0 Å². The zero-order valence-corrected chi connectivity index (χ0v) is 10.9. The predicted octanol–water partition coefficient (Wildman–Crippen LogP) is 3.59. The minimum atomic E-state index is -4.46. The van der Waals surface area contributed by atoms with Gasteiger partial charge in [-0.2, -0.15) is 18.3 Å². The van der Waals surface area contributed by atoms with E-state index in [1.165, 1.54) is 12.1 Å². The smallest absolute Gasteiger partial charge is 0.316 e. The number of rotatable bonds is 2. The first-order chi connectivity index (χ1) is 9.95. The molecular formula is C15H12F3N3. The lowest BCUT2D eigenvalue weighted by Crippen LogP contribution is -2.28. The summed E-state index contributed by atoms with van der Waals surface area (Å²) in [5.74, 6) is 0. The van der Waals surface area contributed by atoms with Gasteiger partial charge >= 0.3 is 6.18 Å². The van der Waals surface area contributed by atoms with Gasteiger partial charge in [-0.1, -0.05) is 30.3 Å². The molecule has 2 N–H and O–H groups in total. The molecule has 21 heavy (non-hydrogen) atoms. The van der Waals surface area contributed by atoms with Crippen LogP contribution in [-0.2, 0) is 0 Å². The summed E-state index contributed by atoms with van der Waals surface area (Å²) in [4.78, 5) is 0. The summed E-state index contributed by atoms with van der Waals surface area (Å²) in [5, 5.41) is 5.06. The van der Waals surface area contributed by atoms with Crippen molar-refractivity contribution >= 4 is 10.9 Å². The second kappa shape index (κ2) is 4.89. The van der Waals surface area contributed by atoms with Crippen LogP contribution in [0.3, 0.4) is 0 Å². The molecule has 0 bridgehead atoms. The summed E-state index contributed by atoms with van der Waals surface area (Å²) in [6, 6.07) is 11.7. The number of nitrogens with zero attached hydrogens (tertiary/aromatic N) is 2. The number of fused-ring (bicyclic) bond motifs is 1. The predicted molar refractivity (Wildman–Crippen MR) is 74.1 cm³/mol. The van der Waals surface area contributed by atoms with Gasteiger partial charge < -0.3 is 5.73 Å². The fraction of sp³-hybridized carbons (Fsp3) is 0.133.